The molecule has 2 N–H and O–H groups in total. The van der Waals surface area contributed by atoms with E-state index < -0.39 is 43.7 Å². The molecule has 2 aromatic heterocycles. The third-order valence-corrected chi connectivity index (χ3v) is 5.53. The quantitative estimate of drug-likeness (QED) is 0.324. The Bertz CT molecular complexity index is 1460. The summed E-state index contributed by atoms with van der Waals surface area (Å²) in [7, 11) is 2.23. The Morgan fingerprint density at radius 2 is 1.03 bits per heavy atom. The summed E-state index contributed by atoms with van der Waals surface area (Å²) in [5, 5.41) is 23.2. The molecule has 0 unspecified atom stereocenters. The molecule has 0 aliphatic carbocycles. The Morgan fingerprint density at radius 3 is 1.28 bits per heavy atom. The fraction of sp³-hybridized carbons (Fsp3) is 0.300. The van der Waals surface area contributed by atoms with Gasteiger partial charge in [0, 0.05) is 38.6 Å². The van der Waals surface area contributed by atoms with E-state index in [1.54, 1.807) is 13.8 Å². The van der Waals surface area contributed by atoms with Crippen molar-refractivity contribution >= 4 is 34.4 Å². The maximum atomic E-state index is 12.4. The van der Waals surface area contributed by atoms with E-state index in [0.717, 1.165) is 14.1 Å². The first kappa shape index (κ1) is 25.6. The maximum absolute atomic E-state index is 12.4. The number of hydrogen-bond donors (Lipinski definition) is 2. The van der Waals surface area contributed by atoms with Gasteiger partial charge in [-0.05, 0) is 38.1 Å². The Labute approximate surface area is 201 Å². The lowest BCUT2D eigenvalue weighted by molar-refractivity contribution is -0.386. The topological polar surface area (TPSA) is 202 Å². The molecule has 0 radical (unpaired) electrons. The van der Waals surface area contributed by atoms with Crippen molar-refractivity contribution in [2.24, 2.45) is 14.1 Å². The minimum absolute atomic E-state index is 0.133. The molecule has 36 heavy (non-hydrogen) atoms. The van der Waals surface area contributed by atoms with E-state index in [-0.39, 0.29) is 24.7 Å². The lowest BCUT2D eigenvalue weighted by atomic mass is 10.2. The summed E-state index contributed by atoms with van der Waals surface area (Å²) < 4.78 is 1.19. The SMILES string of the molecule is CCN(c1ccc(N(CC)c2[nH]c(=O)n(C)c(=O)c2[N+](=O)[O-])cc1)c1[nH]c(=O)n(C)c(=O)c1[N+](=O)[O-]. The average molecular weight is 502 g/mol. The van der Waals surface area contributed by atoms with Gasteiger partial charge in [-0.25, -0.2) is 9.59 Å². The number of nitrogens with zero attached hydrogens (tertiary/aromatic N) is 6. The van der Waals surface area contributed by atoms with Gasteiger partial charge in [-0.3, -0.25) is 48.9 Å². The molecule has 3 rings (SSSR count). The third kappa shape index (κ3) is 4.26. The molecule has 16 heteroatoms. The van der Waals surface area contributed by atoms with Crippen LogP contribution in [0.2, 0.25) is 0 Å². The van der Waals surface area contributed by atoms with E-state index in [9.17, 15) is 39.4 Å². The predicted molar refractivity (Wildman–Crippen MR) is 130 cm³/mol. The van der Waals surface area contributed by atoms with Crippen molar-refractivity contribution in [3.05, 3.63) is 86.2 Å². The van der Waals surface area contributed by atoms with Gasteiger partial charge in [0.1, 0.15) is 0 Å². The van der Waals surface area contributed by atoms with Crippen LogP contribution in [-0.2, 0) is 14.1 Å². The van der Waals surface area contributed by atoms with Crippen LogP contribution >= 0.6 is 0 Å². The Kier molecular flexibility index (Phi) is 6.89. The third-order valence-electron chi connectivity index (χ3n) is 5.53. The molecule has 0 saturated carbocycles. The fourth-order valence-corrected chi connectivity index (χ4v) is 3.67. The number of benzene rings is 1. The summed E-state index contributed by atoms with van der Waals surface area (Å²) in [4.78, 5) is 77.8. The Morgan fingerprint density at radius 1 is 0.722 bits per heavy atom. The summed E-state index contributed by atoms with van der Waals surface area (Å²) in [6, 6.07) is 6.02. The number of H-pyrrole nitrogens is 2. The summed E-state index contributed by atoms with van der Waals surface area (Å²) in [5.41, 5.74) is -4.74. The zero-order valence-corrected chi connectivity index (χ0v) is 19.7. The van der Waals surface area contributed by atoms with Crippen molar-refractivity contribution in [1.29, 1.82) is 0 Å². The number of aromatic nitrogens is 4. The highest BCUT2D eigenvalue weighted by Gasteiger charge is 2.29. The van der Waals surface area contributed by atoms with E-state index in [2.05, 4.69) is 9.97 Å². The second-order valence-electron chi connectivity index (χ2n) is 7.50. The van der Waals surface area contributed by atoms with Gasteiger partial charge in [0.15, 0.2) is 0 Å². The smallest absolute Gasteiger partial charge is 0.322 e. The van der Waals surface area contributed by atoms with Crippen LogP contribution in [0.1, 0.15) is 13.8 Å². The fourth-order valence-electron chi connectivity index (χ4n) is 3.67. The van der Waals surface area contributed by atoms with Crippen LogP contribution in [0.5, 0.6) is 0 Å². The summed E-state index contributed by atoms with van der Waals surface area (Å²) in [6.45, 7) is 3.57. The largest absolute Gasteiger partial charge is 0.374 e. The van der Waals surface area contributed by atoms with Crippen molar-refractivity contribution in [3.63, 3.8) is 0 Å². The molecule has 16 nitrogen and oxygen atoms in total. The normalized spacial score (nSPS) is 10.8. The molecule has 0 aliphatic heterocycles. The Balaban J connectivity index is 2.14. The number of anilines is 4. The van der Waals surface area contributed by atoms with Crippen LogP contribution in [0, 0.1) is 20.2 Å². The molecule has 0 amide bonds. The van der Waals surface area contributed by atoms with Gasteiger partial charge in [0.25, 0.3) is 0 Å². The van der Waals surface area contributed by atoms with Crippen molar-refractivity contribution in [2.45, 2.75) is 13.8 Å². The van der Waals surface area contributed by atoms with Gasteiger partial charge in [0.05, 0.1) is 9.85 Å². The van der Waals surface area contributed by atoms with E-state index in [4.69, 9.17) is 0 Å². The van der Waals surface area contributed by atoms with Crippen LogP contribution < -0.4 is 32.3 Å². The molecule has 0 spiro atoms. The average Bonchev–Trinajstić information content (AvgIpc) is 2.82. The second-order valence-corrected chi connectivity index (χ2v) is 7.50. The van der Waals surface area contributed by atoms with E-state index >= 15 is 0 Å². The lowest BCUT2D eigenvalue weighted by Crippen LogP contribution is -2.37. The molecule has 0 saturated heterocycles. The van der Waals surface area contributed by atoms with Crippen LogP contribution in [0.4, 0.5) is 34.4 Å². The van der Waals surface area contributed by atoms with Crippen LogP contribution in [0.25, 0.3) is 0 Å². The highest BCUT2D eigenvalue weighted by Crippen LogP contribution is 2.32. The van der Waals surface area contributed by atoms with Gasteiger partial charge >= 0.3 is 33.9 Å². The van der Waals surface area contributed by atoms with Crippen molar-refractivity contribution in [1.82, 2.24) is 19.1 Å². The monoisotopic (exact) mass is 502 g/mol. The minimum Gasteiger partial charge on any atom is -0.322 e. The maximum Gasteiger partial charge on any atom is 0.374 e. The minimum atomic E-state index is -1.08. The number of nitro groups is 2. The van der Waals surface area contributed by atoms with E-state index in [1.807, 2.05) is 0 Å². The van der Waals surface area contributed by atoms with E-state index in [0.29, 0.717) is 20.5 Å². The van der Waals surface area contributed by atoms with Crippen molar-refractivity contribution < 1.29 is 9.85 Å². The molecule has 0 atom stereocenters. The van der Waals surface area contributed by atoms with Crippen molar-refractivity contribution in [3.8, 4) is 0 Å². The number of rotatable bonds is 8. The highest BCUT2D eigenvalue weighted by atomic mass is 16.6. The van der Waals surface area contributed by atoms with Gasteiger partial charge in [-0.2, -0.15) is 0 Å². The molecular formula is C20H22N8O8. The van der Waals surface area contributed by atoms with E-state index in [1.165, 1.54) is 34.1 Å². The molecule has 3 aromatic rings. The zero-order valence-electron chi connectivity index (χ0n) is 19.7. The molecule has 2 heterocycles. The molecule has 0 aliphatic rings. The number of aromatic amines is 2. The van der Waals surface area contributed by atoms with Gasteiger partial charge < -0.3 is 9.80 Å². The van der Waals surface area contributed by atoms with Crippen molar-refractivity contribution in [2.75, 3.05) is 22.9 Å². The number of hydrogen-bond acceptors (Lipinski definition) is 10. The second kappa shape index (κ2) is 9.69. The van der Waals surface area contributed by atoms with Crippen LogP contribution in [0.3, 0.4) is 0 Å². The van der Waals surface area contributed by atoms with Gasteiger partial charge in [-0.15, -0.1) is 0 Å². The van der Waals surface area contributed by atoms with Gasteiger partial charge in [0.2, 0.25) is 11.6 Å². The standard InChI is InChI=1S/C20H22N8O8/c1-5-25(15-13(27(33)34)17(29)23(3)19(31)21-15)11-7-9-12(10-8-11)26(6-2)16-14(28(35)36)18(30)24(4)20(32)22-16/h7-10H,5-6H2,1-4H3,(H,21,31)(H,22,32). The summed E-state index contributed by atoms with van der Waals surface area (Å²) >= 11 is 0. The Hall–Kier alpha value is -5.02. The zero-order chi connectivity index (χ0) is 26.9. The molecule has 0 bridgehead atoms. The molecular weight excluding hydrogens is 480 g/mol. The predicted octanol–water partition coefficient (Wildman–Crippen LogP) is 0.593. The first-order valence-corrected chi connectivity index (χ1v) is 10.5. The lowest BCUT2D eigenvalue weighted by Gasteiger charge is -2.25. The molecule has 190 valence electrons. The van der Waals surface area contributed by atoms with Gasteiger partial charge in [-0.1, -0.05) is 0 Å². The first-order chi connectivity index (χ1) is 16.9. The molecule has 1 aromatic carbocycles. The first-order valence-electron chi connectivity index (χ1n) is 10.5. The highest BCUT2D eigenvalue weighted by molar-refractivity contribution is 5.72. The summed E-state index contributed by atoms with van der Waals surface area (Å²) in [5.74, 6) is -0.607. The number of nitrogens with one attached hydrogen (secondary N) is 2. The van der Waals surface area contributed by atoms with Crippen LogP contribution in [-0.4, -0.2) is 42.0 Å². The van der Waals surface area contributed by atoms with Crippen LogP contribution in [0.15, 0.2) is 43.4 Å². The molecule has 0 fully saturated rings. The summed E-state index contributed by atoms with van der Waals surface area (Å²) in [6.07, 6.45) is 0.